The Balaban J connectivity index is 2.66. The highest BCUT2D eigenvalue weighted by Gasteiger charge is 2.24. The van der Waals surface area contributed by atoms with Gasteiger partial charge >= 0.3 is 0 Å². The lowest BCUT2D eigenvalue weighted by Gasteiger charge is -2.24. The lowest BCUT2D eigenvalue weighted by molar-refractivity contribution is 0.398. The van der Waals surface area contributed by atoms with Gasteiger partial charge in [0.05, 0.1) is 18.7 Å². The molecule has 1 atom stereocenters. The fourth-order valence-corrected chi connectivity index (χ4v) is 2.79. The van der Waals surface area contributed by atoms with Gasteiger partial charge in [-0.25, -0.2) is 8.78 Å². The summed E-state index contributed by atoms with van der Waals surface area (Å²) < 4.78 is 33.1. The Labute approximate surface area is 123 Å². The number of nitrogens with one attached hydrogen (secondary N) is 1. The molecule has 0 aliphatic heterocycles. The van der Waals surface area contributed by atoms with Crippen molar-refractivity contribution in [3.8, 4) is 5.75 Å². The molecule has 2 nitrogen and oxygen atoms in total. The molecule has 0 spiro atoms. The molecule has 1 N–H and O–H groups in total. The zero-order valence-corrected chi connectivity index (χ0v) is 12.6. The van der Waals surface area contributed by atoms with Crippen LogP contribution in [-0.4, -0.2) is 14.2 Å². The Morgan fingerprint density at radius 1 is 1.05 bits per heavy atom. The van der Waals surface area contributed by atoms with Gasteiger partial charge in [0.2, 0.25) is 0 Å². The molecule has 0 radical (unpaired) electrons. The second kappa shape index (κ2) is 6.22. The summed E-state index contributed by atoms with van der Waals surface area (Å²) in [6.45, 7) is 3.64. The van der Waals surface area contributed by atoms with Gasteiger partial charge in [-0.2, -0.15) is 0 Å². The average Bonchev–Trinajstić information content (AvgIpc) is 2.43. The van der Waals surface area contributed by atoms with Gasteiger partial charge < -0.3 is 10.1 Å². The molecule has 0 saturated heterocycles. The maximum absolute atomic E-state index is 14.3. The van der Waals surface area contributed by atoms with Gasteiger partial charge in [-0.05, 0) is 61.9 Å². The molecule has 21 heavy (non-hydrogen) atoms. The van der Waals surface area contributed by atoms with Crippen LogP contribution in [0.5, 0.6) is 5.75 Å². The molecule has 0 bridgehead atoms. The van der Waals surface area contributed by atoms with Crippen LogP contribution >= 0.6 is 0 Å². The molecule has 112 valence electrons. The summed E-state index contributed by atoms with van der Waals surface area (Å²) in [6.07, 6.45) is 0. The van der Waals surface area contributed by atoms with E-state index in [0.29, 0.717) is 11.3 Å². The standard InChI is InChI=1S/C17H19F2NO/c1-10-8-12(18)9-11(2)15(10)17(20-3)16-13(19)6-5-7-14(16)21-4/h5-9,17,20H,1-4H3. The van der Waals surface area contributed by atoms with Crippen LogP contribution in [0.2, 0.25) is 0 Å². The minimum absolute atomic E-state index is 0.288. The summed E-state index contributed by atoms with van der Waals surface area (Å²) in [5, 5.41) is 3.11. The zero-order chi connectivity index (χ0) is 15.6. The summed E-state index contributed by atoms with van der Waals surface area (Å²) in [4.78, 5) is 0. The largest absolute Gasteiger partial charge is 0.496 e. The normalized spacial score (nSPS) is 12.3. The van der Waals surface area contributed by atoms with Crippen LogP contribution in [-0.2, 0) is 0 Å². The lowest BCUT2D eigenvalue weighted by Crippen LogP contribution is -2.22. The topological polar surface area (TPSA) is 21.3 Å². The first kappa shape index (κ1) is 15.4. The molecule has 2 aromatic carbocycles. The minimum Gasteiger partial charge on any atom is -0.496 e. The highest BCUT2D eigenvalue weighted by molar-refractivity contribution is 5.47. The summed E-state index contributed by atoms with van der Waals surface area (Å²) >= 11 is 0. The van der Waals surface area contributed by atoms with Crippen molar-refractivity contribution in [1.82, 2.24) is 5.32 Å². The molecular weight excluding hydrogens is 272 g/mol. The Morgan fingerprint density at radius 2 is 1.67 bits per heavy atom. The number of hydrogen-bond donors (Lipinski definition) is 1. The van der Waals surface area contributed by atoms with Gasteiger partial charge in [0.25, 0.3) is 0 Å². The van der Waals surface area contributed by atoms with Gasteiger partial charge in [-0.3, -0.25) is 0 Å². The first-order valence-electron chi connectivity index (χ1n) is 6.76. The van der Waals surface area contributed by atoms with E-state index in [2.05, 4.69) is 5.32 Å². The highest BCUT2D eigenvalue weighted by atomic mass is 19.1. The SMILES string of the molecule is CNC(c1c(C)cc(F)cc1C)c1c(F)cccc1OC. The maximum atomic E-state index is 14.3. The smallest absolute Gasteiger partial charge is 0.132 e. The van der Waals surface area contributed by atoms with Crippen molar-refractivity contribution < 1.29 is 13.5 Å². The highest BCUT2D eigenvalue weighted by Crippen LogP contribution is 2.35. The fourth-order valence-electron chi connectivity index (χ4n) is 2.79. The second-order valence-corrected chi connectivity index (χ2v) is 5.03. The van der Waals surface area contributed by atoms with Gasteiger partial charge in [-0.1, -0.05) is 6.07 Å². The Morgan fingerprint density at radius 3 is 2.19 bits per heavy atom. The fraction of sp³-hybridized carbons (Fsp3) is 0.294. The zero-order valence-electron chi connectivity index (χ0n) is 12.6. The number of methoxy groups -OCH3 is 1. The molecular formula is C17H19F2NO. The van der Waals surface area contributed by atoms with Crippen LogP contribution in [0.1, 0.15) is 28.3 Å². The van der Waals surface area contributed by atoms with E-state index in [4.69, 9.17) is 4.74 Å². The molecule has 2 rings (SSSR count). The van der Waals surface area contributed by atoms with Crippen molar-refractivity contribution in [2.45, 2.75) is 19.9 Å². The van der Waals surface area contributed by atoms with Crippen LogP contribution in [0.15, 0.2) is 30.3 Å². The molecule has 0 saturated carbocycles. The Hall–Kier alpha value is -1.94. The Kier molecular flexibility index (Phi) is 4.58. The summed E-state index contributed by atoms with van der Waals surface area (Å²) in [5.41, 5.74) is 2.84. The second-order valence-electron chi connectivity index (χ2n) is 5.03. The molecule has 0 aromatic heterocycles. The molecule has 0 aliphatic carbocycles. The predicted molar refractivity (Wildman–Crippen MR) is 79.7 cm³/mol. The summed E-state index contributed by atoms with van der Waals surface area (Å²) in [5.74, 6) is -0.168. The number of halogens is 2. The molecule has 0 fully saturated rings. The van der Waals surface area contributed by atoms with Crippen LogP contribution in [0.4, 0.5) is 8.78 Å². The van der Waals surface area contributed by atoms with Crippen LogP contribution < -0.4 is 10.1 Å². The monoisotopic (exact) mass is 291 g/mol. The van der Waals surface area contributed by atoms with E-state index >= 15 is 0 Å². The molecule has 2 aromatic rings. The summed E-state index contributed by atoms with van der Waals surface area (Å²) in [7, 11) is 3.26. The van der Waals surface area contributed by atoms with E-state index in [-0.39, 0.29) is 11.6 Å². The number of rotatable bonds is 4. The number of hydrogen-bond acceptors (Lipinski definition) is 2. The van der Waals surface area contributed by atoms with Crippen molar-refractivity contribution in [3.05, 3.63) is 64.2 Å². The van der Waals surface area contributed by atoms with E-state index in [1.54, 1.807) is 19.2 Å². The minimum atomic E-state index is -0.401. The molecule has 0 amide bonds. The molecule has 1 unspecified atom stereocenters. The lowest BCUT2D eigenvalue weighted by atomic mass is 9.90. The van der Waals surface area contributed by atoms with Gasteiger partial charge in [0.15, 0.2) is 0 Å². The first-order chi connectivity index (χ1) is 9.99. The predicted octanol–water partition coefficient (Wildman–Crippen LogP) is 3.90. The third kappa shape index (κ3) is 2.90. The third-order valence-electron chi connectivity index (χ3n) is 3.66. The van der Waals surface area contributed by atoms with Gasteiger partial charge in [-0.15, -0.1) is 0 Å². The van der Waals surface area contributed by atoms with E-state index < -0.39 is 6.04 Å². The number of ether oxygens (including phenoxy) is 1. The van der Waals surface area contributed by atoms with E-state index in [1.807, 2.05) is 13.8 Å². The van der Waals surface area contributed by atoms with Crippen molar-refractivity contribution in [1.29, 1.82) is 0 Å². The van der Waals surface area contributed by atoms with Crippen molar-refractivity contribution in [2.24, 2.45) is 0 Å². The molecule has 0 heterocycles. The van der Waals surface area contributed by atoms with Crippen molar-refractivity contribution in [3.63, 3.8) is 0 Å². The molecule has 0 aliphatic rings. The first-order valence-corrected chi connectivity index (χ1v) is 6.76. The van der Waals surface area contributed by atoms with Gasteiger partial charge in [0, 0.05) is 0 Å². The van der Waals surface area contributed by atoms with Gasteiger partial charge in [0.1, 0.15) is 17.4 Å². The van der Waals surface area contributed by atoms with Crippen molar-refractivity contribution in [2.75, 3.05) is 14.2 Å². The third-order valence-corrected chi connectivity index (χ3v) is 3.66. The van der Waals surface area contributed by atoms with Crippen molar-refractivity contribution >= 4 is 0 Å². The van der Waals surface area contributed by atoms with E-state index in [0.717, 1.165) is 16.7 Å². The van der Waals surface area contributed by atoms with Crippen LogP contribution in [0.3, 0.4) is 0 Å². The maximum Gasteiger partial charge on any atom is 0.132 e. The quantitative estimate of drug-likeness (QED) is 0.922. The van der Waals surface area contributed by atoms with E-state index in [1.165, 1.54) is 25.3 Å². The number of aryl methyl sites for hydroxylation is 2. The molecule has 4 heteroatoms. The summed E-state index contributed by atoms with van der Waals surface area (Å²) in [6, 6.07) is 7.24. The van der Waals surface area contributed by atoms with Crippen LogP contribution in [0.25, 0.3) is 0 Å². The van der Waals surface area contributed by atoms with E-state index in [9.17, 15) is 8.78 Å². The average molecular weight is 291 g/mol. The Bertz CT molecular complexity index is 632. The number of benzene rings is 2. The van der Waals surface area contributed by atoms with Crippen LogP contribution in [0, 0.1) is 25.5 Å².